The Morgan fingerprint density at radius 3 is 3.11 bits per heavy atom. The molecule has 0 aromatic carbocycles. The fourth-order valence-electron chi connectivity index (χ4n) is 2.19. The van der Waals surface area contributed by atoms with E-state index in [2.05, 4.69) is 43.5 Å². The van der Waals surface area contributed by atoms with Crippen LogP contribution in [0, 0.1) is 5.92 Å². The Morgan fingerprint density at radius 2 is 2.44 bits per heavy atom. The summed E-state index contributed by atoms with van der Waals surface area (Å²) in [5.74, 6) is 1.80. The molecule has 1 aromatic heterocycles. The van der Waals surface area contributed by atoms with Crippen LogP contribution < -0.4 is 15.4 Å². The summed E-state index contributed by atoms with van der Waals surface area (Å²) in [7, 11) is 1.60. The van der Waals surface area contributed by atoms with Crippen LogP contribution in [0.15, 0.2) is 10.7 Å². The van der Waals surface area contributed by atoms with Crippen LogP contribution in [-0.4, -0.2) is 36.2 Å². The van der Waals surface area contributed by atoms with Crippen molar-refractivity contribution in [2.24, 2.45) is 5.92 Å². The average molecular weight is 315 g/mol. The molecule has 6 heteroatoms. The summed E-state index contributed by atoms with van der Waals surface area (Å²) >= 11 is 3.35. The Balaban J connectivity index is 1.99. The number of piperidine rings is 1. The molecule has 1 aromatic rings. The van der Waals surface area contributed by atoms with Crippen molar-refractivity contribution < 1.29 is 4.74 Å². The molecule has 2 atom stereocenters. The van der Waals surface area contributed by atoms with Crippen LogP contribution >= 0.6 is 15.9 Å². The highest BCUT2D eigenvalue weighted by Gasteiger charge is 2.20. The lowest BCUT2D eigenvalue weighted by Gasteiger charge is -2.28. The Hall–Kier alpha value is -0.880. The molecule has 0 radical (unpaired) electrons. The van der Waals surface area contributed by atoms with Crippen LogP contribution in [0.2, 0.25) is 0 Å². The number of nitrogens with one attached hydrogen (secondary N) is 2. The van der Waals surface area contributed by atoms with E-state index in [1.54, 1.807) is 13.3 Å². The number of hydrogen-bond donors (Lipinski definition) is 2. The quantitative estimate of drug-likeness (QED) is 0.890. The molecule has 2 N–H and O–H groups in total. The van der Waals surface area contributed by atoms with Gasteiger partial charge in [-0.05, 0) is 54.7 Å². The van der Waals surface area contributed by atoms with Crippen LogP contribution in [0.1, 0.15) is 19.8 Å². The molecule has 0 aliphatic carbocycles. The van der Waals surface area contributed by atoms with Crippen molar-refractivity contribution in [2.45, 2.75) is 25.8 Å². The van der Waals surface area contributed by atoms with E-state index in [-0.39, 0.29) is 0 Å². The lowest BCUT2D eigenvalue weighted by Crippen LogP contribution is -2.39. The van der Waals surface area contributed by atoms with Gasteiger partial charge in [-0.15, -0.1) is 0 Å². The normalized spacial score (nSPS) is 21.4. The first-order valence-corrected chi connectivity index (χ1v) is 7.04. The maximum Gasteiger partial charge on any atom is 0.232 e. The minimum Gasteiger partial charge on any atom is -0.480 e. The van der Waals surface area contributed by atoms with E-state index in [4.69, 9.17) is 4.74 Å². The molecule has 0 amide bonds. The number of hydrogen-bond acceptors (Lipinski definition) is 5. The molecule has 1 fully saturated rings. The van der Waals surface area contributed by atoms with Gasteiger partial charge in [0.2, 0.25) is 11.8 Å². The van der Waals surface area contributed by atoms with Crippen LogP contribution in [0.4, 0.5) is 5.95 Å². The van der Waals surface area contributed by atoms with Gasteiger partial charge in [-0.1, -0.05) is 0 Å². The molecule has 2 heterocycles. The Labute approximate surface area is 116 Å². The highest BCUT2D eigenvalue weighted by atomic mass is 79.9. The second-order valence-corrected chi connectivity index (χ2v) is 5.44. The second-order valence-electron chi connectivity index (χ2n) is 4.59. The lowest BCUT2D eigenvalue weighted by molar-refractivity contribution is 0.345. The molecule has 5 nitrogen and oxygen atoms in total. The van der Waals surface area contributed by atoms with Gasteiger partial charge in [0.05, 0.1) is 17.8 Å². The SMILES string of the molecule is COc1nc(NC(C)C2CCCNC2)ncc1Br. The first-order valence-electron chi connectivity index (χ1n) is 6.24. The molecule has 100 valence electrons. The number of anilines is 1. The van der Waals surface area contributed by atoms with Crippen molar-refractivity contribution in [2.75, 3.05) is 25.5 Å². The second kappa shape index (κ2) is 6.33. The molecule has 18 heavy (non-hydrogen) atoms. The fraction of sp³-hybridized carbons (Fsp3) is 0.667. The highest BCUT2D eigenvalue weighted by molar-refractivity contribution is 9.10. The summed E-state index contributed by atoms with van der Waals surface area (Å²) in [5.41, 5.74) is 0. The van der Waals surface area contributed by atoms with Crippen molar-refractivity contribution in [3.63, 3.8) is 0 Å². The molecule has 1 saturated heterocycles. The number of aromatic nitrogens is 2. The summed E-state index contributed by atoms with van der Waals surface area (Å²) in [6.45, 7) is 4.36. The van der Waals surface area contributed by atoms with Gasteiger partial charge in [0.25, 0.3) is 0 Å². The van der Waals surface area contributed by atoms with Gasteiger partial charge in [-0.2, -0.15) is 4.98 Å². The van der Waals surface area contributed by atoms with E-state index in [1.165, 1.54) is 12.8 Å². The van der Waals surface area contributed by atoms with Crippen LogP contribution in [0.25, 0.3) is 0 Å². The molecular weight excluding hydrogens is 296 g/mol. The van der Waals surface area contributed by atoms with Crippen LogP contribution in [0.3, 0.4) is 0 Å². The Morgan fingerprint density at radius 1 is 1.61 bits per heavy atom. The van der Waals surface area contributed by atoms with E-state index in [9.17, 15) is 0 Å². The van der Waals surface area contributed by atoms with Crippen LogP contribution in [0.5, 0.6) is 5.88 Å². The van der Waals surface area contributed by atoms with Gasteiger partial charge < -0.3 is 15.4 Å². The van der Waals surface area contributed by atoms with Crippen molar-refractivity contribution in [3.05, 3.63) is 10.7 Å². The van der Waals surface area contributed by atoms with Gasteiger partial charge in [0.1, 0.15) is 0 Å². The van der Waals surface area contributed by atoms with Crippen molar-refractivity contribution in [1.82, 2.24) is 15.3 Å². The van der Waals surface area contributed by atoms with Crippen LogP contribution in [-0.2, 0) is 0 Å². The third kappa shape index (κ3) is 3.32. The van der Waals surface area contributed by atoms with E-state index < -0.39 is 0 Å². The standard InChI is InChI=1S/C12H19BrN4O/c1-8(9-4-3-5-14-6-9)16-12-15-7-10(13)11(17-12)18-2/h7-9,14H,3-6H2,1-2H3,(H,15,16,17). The molecule has 0 bridgehead atoms. The lowest BCUT2D eigenvalue weighted by atomic mass is 9.93. The number of ether oxygens (including phenoxy) is 1. The van der Waals surface area contributed by atoms with Gasteiger partial charge in [-0.25, -0.2) is 4.98 Å². The van der Waals surface area contributed by atoms with Crippen molar-refractivity contribution in [1.29, 1.82) is 0 Å². The van der Waals surface area contributed by atoms with Gasteiger partial charge in [0, 0.05) is 6.04 Å². The maximum atomic E-state index is 5.16. The van der Waals surface area contributed by atoms with E-state index in [1.807, 2.05) is 0 Å². The Bertz CT molecular complexity index is 396. The zero-order valence-corrected chi connectivity index (χ0v) is 12.3. The summed E-state index contributed by atoms with van der Waals surface area (Å²) < 4.78 is 5.93. The largest absolute Gasteiger partial charge is 0.480 e. The minimum absolute atomic E-state index is 0.351. The minimum atomic E-state index is 0.351. The zero-order chi connectivity index (χ0) is 13.0. The predicted octanol–water partition coefficient (Wildman–Crippen LogP) is 2.05. The molecule has 2 unspecified atom stereocenters. The number of nitrogens with zero attached hydrogens (tertiary/aromatic N) is 2. The third-order valence-electron chi connectivity index (χ3n) is 3.30. The summed E-state index contributed by atoms with van der Waals surface area (Å²) in [4.78, 5) is 8.57. The fourth-order valence-corrected chi connectivity index (χ4v) is 2.54. The molecule has 2 rings (SSSR count). The molecule has 0 spiro atoms. The zero-order valence-electron chi connectivity index (χ0n) is 10.7. The monoisotopic (exact) mass is 314 g/mol. The van der Waals surface area contributed by atoms with Crippen molar-refractivity contribution >= 4 is 21.9 Å². The summed E-state index contributed by atoms with van der Waals surface area (Å²) in [6.07, 6.45) is 4.19. The molecule has 1 aliphatic heterocycles. The number of halogens is 1. The molecule has 0 saturated carbocycles. The van der Waals surface area contributed by atoms with Gasteiger partial charge in [0.15, 0.2) is 0 Å². The molecular formula is C12H19BrN4O. The summed E-state index contributed by atoms with van der Waals surface area (Å²) in [5, 5.41) is 6.77. The van der Waals surface area contributed by atoms with E-state index in [0.29, 0.717) is 23.8 Å². The smallest absolute Gasteiger partial charge is 0.232 e. The third-order valence-corrected chi connectivity index (χ3v) is 3.85. The van der Waals surface area contributed by atoms with E-state index >= 15 is 0 Å². The van der Waals surface area contributed by atoms with E-state index in [0.717, 1.165) is 17.6 Å². The Kier molecular flexibility index (Phi) is 4.77. The maximum absolute atomic E-state index is 5.16. The highest BCUT2D eigenvalue weighted by Crippen LogP contribution is 2.23. The topological polar surface area (TPSA) is 59.1 Å². The number of rotatable bonds is 4. The van der Waals surface area contributed by atoms with Gasteiger partial charge >= 0.3 is 0 Å². The average Bonchev–Trinajstić information content (AvgIpc) is 2.42. The van der Waals surface area contributed by atoms with Crippen molar-refractivity contribution in [3.8, 4) is 5.88 Å². The number of methoxy groups -OCH3 is 1. The predicted molar refractivity (Wildman–Crippen MR) is 75.0 cm³/mol. The summed E-state index contributed by atoms with van der Waals surface area (Å²) in [6, 6.07) is 0.351. The van der Waals surface area contributed by atoms with Gasteiger partial charge in [-0.3, -0.25) is 0 Å². The first-order chi connectivity index (χ1) is 8.70. The first kappa shape index (κ1) is 13.5. The molecule has 1 aliphatic rings.